The first kappa shape index (κ1) is 12.7. The molecule has 1 aliphatic carbocycles. The standard InChI is InChI=1S/C12H14N8O2/c13-10-17-8-5(3-7-9(21)18-12(22)16-7)4-14-20(8)11(19-10)15-6-1-2-6/h4,6,21H,1-3H2,(H2,16,18,22)(H3,13,15,17,19). The number of hydrogen-bond acceptors (Lipinski definition) is 7. The van der Waals surface area contributed by atoms with Gasteiger partial charge in [0.05, 0.1) is 11.9 Å². The van der Waals surface area contributed by atoms with Crippen LogP contribution in [0.15, 0.2) is 11.0 Å². The minimum atomic E-state index is -0.464. The lowest BCUT2D eigenvalue weighted by molar-refractivity contribution is 0.450. The van der Waals surface area contributed by atoms with E-state index in [2.05, 4.69) is 30.4 Å². The van der Waals surface area contributed by atoms with Gasteiger partial charge in [-0.25, -0.2) is 4.79 Å². The minimum absolute atomic E-state index is 0.143. The van der Waals surface area contributed by atoms with Gasteiger partial charge in [0.25, 0.3) is 0 Å². The highest BCUT2D eigenvalue weighted by Crippen LogP contribution is 2.25. The number of fused-ring (bicyclic) bond motifs is 1. The second kappa shape index (κ2) is 4.48. The molecule has 22 heavy (non-hydrogen) atoms. The van der Waals surface area contributed by atoms with Crippen LogP contribution in [0.4, 0.5) is 11.9 Å². The van der Waals surface area contributed by atoms with Gasteiger partial charge >= 0.3 is 5.69 Å². The molecule has 3 aromatic heterocycles. The monoisotopic (exact) mass is 302 g/mol. The van der Waals surface area contributed by atoms with Crippen LogP contribution in [0.5, 0.6) is 5.88 Å². The van der Waals surface area contributed by atoms with Crippen LogP contribution < -0.4 is 16.7 Å². The zero-order valence-corrected chi connectivity index (χ0v) is 11.5. The Labute approximate surface area is 123 Å². The normalized spacial score (nSPS) is 14.5. The van der Waals surface area contributed by atoms with Crippen molar-refractivity contribution in [2.75, 3.05) is 11.1 Å². The summed E-state index contributed by atoms with van der Waals surface area (Å²) in [5, 5.41) is 17.2. The number of imidazole rings is 1. The van der Waals surface area contributed by atoms with E-state index >= 15 is 0 Å². The molecule has 1 aliphatic rings. The fraction of sp³-hybridized carbons (Fsp3) is 0.333. The van der Waals surface area contributed by atoms with Crippen LogP contribution in [-0.4, -0.2) is 40.7 Å². The molecule has 1 fully saturated rings. The maximum atomic E-state index is 11.2. The number of rotatable bonds is 4. The number of aromatic nitrogens is 6. The first-order valence-electron chi connectivity index (χ1n) is 6.87. The van der Waals surface area contributed by atoms with E-state index in [-0.39, 0.29) is 18.2 Å². The molecule has 0 aliphatic heterocycles. The molecule has 3 aromatic rings. The molecule has 10 nitrogen and oxygen atoms in total. The Morgan fingerprint density at radius 3 is 2.91 bits per heavy atom. The molecule has 6 N–H and O–H groups in total. The fourth-order valence-corrected chi connectivity index (χ4v) is 2.30. The SMILES string of the molecule is Nc1nc(NC2CC2)n2ncc(Cc3[nH]c(=O)[nH]c3O)c2n1. The summed E-state index contributed by atoms with van der Waals surface area (Å²) < 4.78 is 1.58. The third-order valence-corrected chi connectivity index (χ3v) is 3.52. The van der Waals surface area contributed by atoms with Crippen LogP contribution in [-0.2, 0) is 6.42 Å². The van der Waals surface area contributed by atoms with Gasteiger partial charge in [-0.15, -0.1) is 0 Å². The lowest BCUT2D eigenvalue weighted by atomic mass is 10.2. The maximum Gasteiger partial charge on any atom is 0.325 e. The molecule has 0 saturated heterocycles. The van der Waals surface area contributed by atoms with Gasteiger partial charge in [-0.1, -0.05) is 0 Å². The Bertz CT molecular complexity index is 904. The molecule has 0 aromatic carbocycles. The number of aromatic hydroxyl groups is 1. The van der Waals surface area contributed by atoms with E-state index in [1.54, 1.807) is 10.7 Å². The van der Waals surface area contributed by atoms with E-state index in [1.165, 1.54) is 0 Å². The first-order chi connectivity index (χ1) is 10.6. The molecule has 0 atom stereocenters. The van der Waals surface area contributed by atoms with Gasteiger partial charge in [-0.05, 0) is 12.8 Å². The predicted molar refractivity (Wildman–Crippen MR) is 77.7 cm³/mol. The van der Waals surface area contributed by atoms with E-state index in [1.807, 2.05) is 0 Å². The zero-order chi connectivity index (χ0) is 15.3. The van der Waals surface area contributed by atoms with Crippen LogP contribution >= 0.6 is 0 Å². The van der Waals surface area contributed by atoms with Crippen LogP contribution in [0.1, 0.15) is 24.1 Å². The van der Waals surface area contributed by atoms with Gasteiger partial charge in [0, 0.05) is 18.0 Å². The van der Waals surface area contributed by atoms with E-state index in [0.717, 1.165) is 18.4 Å². The number of nitrogen functional groups attached to an aromatic ring is 1. The fourth-order valence-electron chi connectivity index (χ4n) is 2.30. The topological polar surface area (TPSA) is 150 Å². The lowest BCUT2D eigenvalue weighted by Crippen LogP contribution is -2.12. The molecule has 0 bridgehead atoms. The van der Waals surface area contributed by atoms with Crippen molar-refractivity contribution in [3.63, 3.8) is 0 Å². The van der Waals surface area contributed by atoms with Crippen molar-refractivity contribution in [1.29, 1.82) is 0 Å². The Balaban J connectivity index is 1.76. The number of aromatic amines is 2. The first-order valence-corrected chi connectivity index (χ1v) is 6.87. The summed E-state index contributed by atoms with van der Waals surface area (Å²) in [7, 11) is 0. The summed E-state index contributed by atoms with van der Waals surface area (Å²) in [6, 6.07) is 0.398. The molecule has 0 spiro atoms. The van der Waals surface area contributed by atoms with E-state index in [9.17, 15) is 9.90 Å². The highest BCUT2D eigenvalue weighted by atomic mass is 16.3. The Morgan fingerprint density at radius 2 is 2.23 bits per heavy atom. The van der Waals surface area contributed by atoms with Gasteiger partial charge in [-0.2, -0.15) is 19.6 Å². The second-order valence-corrected chi connectivity index (χ2v) is 5.31. The van der Waals surface area contributed by atoms with Crippen LogP contribution in [0.2, 0.25) is 0 Å². The number of hydrogen-bond donors (Lipinski definition) is 5. The van der Waals surface area contributed by atoms with E-state index in [4.69, 9.17) is 5.73 Å². The second-order valence-electron chi connectivity index (χ2n) is 5.31. The van der Waals surface area contributed by atoms with Crippen molar-refractivity contribution in [3.8, 4) is 5.88 Å². The number of nitrogens with one attached hydrogen (secondary N) is 3. The summed E-state index contributed by atoms with van der Waals surface area (Å²) in [6.45, 7) is 0. The number of nitrogens with zero attached hydrogens (tertiary/aromatic N) is 4. The van der Waals surface area contributed by atoms with Crippen molar-refractivity contribution < 1.29 is 5.11 Å². The van der Waals surface area contributed by atoms with Gasteiger partial charge < -0.3 is 21.1 Å². The number of anilines is 2. The van der Waals surface area contributed by atoms with E-state index in [0.29, 0.717) is 23.3 Å². The molecule has 0 amide bonds. The highest BCUT2D eigenvalue weighted by molar-refractivity contribution is 5.55. The zero-order valence-electron chi connectivity index (χ0n) is 11.5. The Hall–Kier alpha value is -3.04. The Morgan fingerprint density at radius 1 is 1.41 bits per heavy atom. The third kappa shape index (κ3) is 2.14. The summed E-state index contributed by atoms with van der Waals surface area (Å²) in [5.74, 6) is 0.495. The quantitative estimate of drug-likeness (QED) is 0.439. The molecular weight excluding hydrogens is 288 g/mol. The van der Waals surface area contributed by atoms with Gasteiger partial charge in [0.15, 0.2) is 5.65 Å². The number of H-pyrrole nitrogens is 2. The largest absolute Gasteiger partial charge is 0.493 e. The van der Waals surface area contributed by atoms with Crippen molar-refractivity contribution in [2.45, 2.75) is 25.3 Å². The van der Waals surface area contributed by atoms with Crippen molar-refractivity contribution in [2.24, 2.45) is 0 Å². The average molecular weight is 302 g/mol. The average Bonchev–Trinajstić information content (AvgIpc) is 3.09. The third-order valence-electron chi connectivity index (χ3n) is 3.52. The lowest BCUT2D eigenvalue weighted by Gasteiger charge is -2.06. The number of nitrogens with two attached hydrogens (primary N) is 1. The molecule has 0 radical (unpaired) electrons. The smallest absolute Gasteiger partial charge is 0.325 e. The molecule has 1 saturated carbocycles. The van der Waals surface area contributed by atoms with Crippen LogP contribution in [0, 0.1) is 0 Å². The van der Waals surface area contributed by atoms with Crippen LogP contribution in [0.25, 0.3) is 5.65 Å². The van der Waals surface area contributed by atoms with Crippen LogP contribution in [0.3, 0.4) is 0 Å². The van der Waals surface area contributed by atoms with Gasteiger partial charge in [-0.3, -0.25) is 4.98 Å². The molecule has 114 valence electrons. The van der Waals surface area contributed by atoms with Crippen molar-refractivity contribution in [3.05, 3.63) is 27.9 Å². The highest BCUT2D eigenvalue weighted by Gasteiger charge is 2.24. The molecule has 3 heterocycles. The molecule has 0 unspecified atom stereocenters. The molecule has 10 heteroatoms. The van der Waals surface area contributed by atoms with Crippen molar-refractivity contribution in [1.82, 2.24) is 29.5 Å². The van der Waals surface area contributed by atoms with E-state index < -0.39 is 5.69 Å². The predicted octanol–water partition coefficient (Wildman–Crippen LogP) is -0.406. The summed E-state index contributed by atoms with van der Waals surface area (Å²) >= 11 is 0. The minimum Gasteiger partial charge on any atom is -0.493 e. The van der Waals surface area contributed by atoms with Crippen molar-refractivity contribution >= 4 is 17.5 Å². The Kier molecular flexibility index (Phi) is 2.58. The van der Waals surface area contributed by atoms with Gasteiger partial charge in [0.1, 0.15) is 0 Å². The summed E-state index contributed by atoms with van der Waals surface area (Å²) in [5.41, 5.74) is 6.92. The summed E-state index contributed by atoms with van der Waals surface area (Å²) in [4.78, 5) is 24.4. The summed E-state index contributed by atoms with van der Waals surface area (Å²) in [6.07, 6.45) is 4.08. The molecule has 4 rings (SSSR count). The molecular formula is C12H14N8O2. The maximum absolute atomic E-state index is 11.2. The van der Waals surface area contributed by atoms with Gasteiger partial charge in [0.2, 0.25) is 17.8 Å².